The third-order valence-electron chi connectivity index (χ3n) is 3.24. The van der Waals surface area contributed by atoms with Crippen LogP contribution in [-0.4, -0.2) is 27.7 Å². The molecule has 1 atom stereocenters. The standard InChI is InChI=1S/C12H15N3O/c16-11-5-1-4-10-12(11)15(8-14-10)9-3-2-6-13-7-9/h1,4-5,8-9,13,16H,2-3,6-7H2. The van der Waals surface area contributed by atoms with Gasteiger partial charge in [0.15, 0.2) is 0 Å². The van der Waals surface area contributed by atoms with Gasteiger partial charge >= 0.3 is 0 Å². The van der Waals surface area contributed by atoms with E-state index in [1.54, 1.807) is 6.07 Å². The summed E-state index contributed by atoms with van der Waals surface area (Å²) in [6, 6.07) is 5.89. The molecule has 2 heterocycles. The number of nitrogens with one attached hydrogen (secondary N) is 1. The topological polar surface area (TPSA) is 50.1 Å². The van der Waals surface area contributed by atoms with E-state index < -0.39 is 0 Å². The molecule has 2 aromatic rings. The van der Waals surface area contributed by atoms with Crippen molar-refractivity contribution < 1.29 is 5.11 Å². The molecule has 4 nitrogen and oxygen atoms in total. The summed E-state index contributed by atoms with van der Waals surface area (Å²) in [5.74, 6) is 0.320. The second-order valence-corrected chi connectivity index (χ2v) is 4.30. The maximum atomic E-state index is 9.89. The van der Waals surface area contributed by atoms with Crippen LogP contribution in [0.5, 0.6) is 5.75 Å². The van der Waals surface area contributed by atoms with Crippen molar-refractivity contribution in [3.8, 4) is 5.75 Å². The van der Waals surface area contributed by atoms with Gasteiger partial charge in [-0.2, -0.15) is 0 Å². The minimum Gasteiger partial charge on any atom is -0.506 e. The van der Waals surface area contributed by atoms with Crippen molar-refractivity contribution in [2.45, 2.75) is 18.9 Å². The average molecular weight is 217 g/mol. The summed E-state index contributed by atoms with van der Waals surface area (Å²) >= 11 is 0. The van der Waals surface area contributed by atoms with Crippen LogP contribution in [0.2, 0.25) is 0 Å². The molecule has 4 heteroatoms. The zero-order chi connectivity index (χ0) is 11.0. The monoisotopic (exact) mass is 217 g/mol. The van der Waals surface area contributed by atoms with Gasteiger partial charge in [-0.3, -0.25) is 0 Å². The Bertz CT molecular complexity index is 500. The molecular weight excluding hydrogens is 202 g/mol. The van der Waals surface area contributed by atoms with Crippen LogP contribution in [0.1, 0.15) is 18.9 Å². The number of hydrogen-bond acceptors (Lipinski definition) is 3. The lowest BCUT2D eigenvalue weighted by molar-refractivity contribution is 0.374. The molecule has 3 rings (SSSR count). The van der Waals surface area contributed by atoms with Gasteiger partial charge in [0.05, 0.1) is 11.8 Å². The van der Waals surface area contributed by atoms with Gasteiger partial charge < -0.3 is 15.0 Å². The first-order valence-electron chi connectivity index (χ1n) is 5.71. The van der Waals surface area contributed by atoms with Crippen molar-refractivity contribution in [1.82, 2.24) is 14.9 Å². The molecule has 1 aromatic carbocycles. The number of nitrogens with zero attached hydrogens (tertiary/aromatic N) is 2. The van der Waals surface area contributed by atoms with E-state index in [4.69, 9.17) is 0 Å². The first-order chi connectivity index (χ1) is 7.86. The molecule has 0 bridgehead atoms. The van der Waals surface area contributed by atoms with Gasteiger partial charge in [0, 0.05) is 12.6 Å². The van der Waals surface area contributed by atoms with Gasteiger partial charge in [0.1, 0.15) is 11.3 Å². The molecule has 0 aliphatic carbocycles. The third-order valence-corrected chi connectivity index (χ3v) is 3.24. The second kappa shape index (κ2) is 3.79. The zero-order valence-electron chi connectivity index (χ0n) is 9.06. The molecule has 1 aliphatic rings. The minimum absolute atomic E-state index is 0.320. The second-order valence-electron chi connectivity index (χ2n) is 4.30. The lowest BCUT2D eigenvalue weighted by Crippen LogP contribution is -2.31. The van der Waals surface area contributed by atoms with Gasteiger partial charge in [0.2, 0.25) is 0 Å². The maximum absolute atomic E-state index is 9.89. The summed E-state index contributed by atoms with van der Waals surface area (Å²) in [6.07, 6.45) is 4.16. The summed E-state index contributed by atoms with van der Waals surface area (Å²) in [5, 5.41) is 13.3. The first kappa shape index (κ1) is 9.66. The van der Waals surface area contributed by atoms with Crippen LogP contribution in [0.15, 0.2) is 24.5 Å². The lowest BCUT2D eigenvalue weighted by Gasteiger charge is -2.24. The smallest absolute Gasteiger partial charge is 0.141 e. The molecule has 0 spiro atoms. The van der Waals surface area contributed by atoms with Crippen molar-refractivity contribution in [3.05, 3.63) is 24.5 Å². The number of aromatic hydroxyl groups is 1. The van der Waals surface area contributed by atoms with E-state index in [1.807, 2.05) is 18.5 Å². The molecule has 0 radical (unpaired) electrons. The van der Waals surface area contributed by atoms with E-state index in [0.717, 1.165) is 30.5 Å². The Hall–Kier alpha value is -1.55. The molecule has 16 heavy (non-hydrogen) atoms. The van der Waals surface area contributed by atoms with Crippen LogP contribution in [0, 0.1) is 0 Å². The van der Waals surface area contributed by atoms with Gasteiger partial charge in [-0.25, -0.2) is 4.98 Å². The molecule has 2 N–H and O–H groups in total. The van der Waals surface area contributed by atoms with Crippen LogP contribution in [0.3, 0.4) is 0 Å². The number of rotatable bonds is 1. The van der Waals surface area contributed by atoms with Gasteiger partial charge in [-0.15, -0.1) is 0 Å². The highest BCUT2D eigenvalue weighted by Gasteiger charge is 2.18. The fourth-order valence-electron chi connectivity index (χ4n) is 2.42. The van der Waals surface area contributed by atoms with Crippen LogP contribution >= 0.6 is 0 Å². The van der Waals surface area contributed by atoms with E-state index in [-0.39, 0.29) is 0 Å². The Morgan fingerprint density at radius 1 is 1.44 bits per heavy atom. The number of phenolic OH excluding ortho intramolecular Hbond substituents is 1. The normalized spacial score (nSPS) is 21.4. The van der Waals surface area contributed by atoms with Crippen molar-refractivity contribution in [1.29, 1.82) is 0 Å². The molecule has 1 fully saturated rings. The number of fused-ring (bicyclic) bond motifs is 1. The highest BCUT2D eigenvalue weighted by atomic mass is 16.3. The van der Waals surface area contributed by atoms with Crippen LogP contribution in [0.4, 0.5) is 0 Å². The molecule has 0 saturated carbocycles. The largest absolute Gasteiger partial charge is 0.506 e. The number of aromatic nitrogens is 2. The van der Waals surface area contributed by atoms with Gasteiger partial charge in [-0.1, -0.05) is 6.07 Å². The Morgan fingerprint density at radius 2 is 2.38 bits per heavy atom. The van der Waals surface area contributed by atoms with Crippen molar-refractivity contribution >= 4 is 11.0 Å². The van der Waals surface area contributed by atoms with Crippen LogP contribution < -0.4 is 5.32 Å². The quantitative estimate of drug-likeness (QED) is 0.764. The van der Waals surface area contributed by atoms with E-state index in [2.05, 4.69) is 14.9 Å². The van der Waals surface area contributed by atoms with Crippen LogP contribution in [-0.2, 0) is 0 Å². The number of benzene rings is 1. The zero-order valence-corrected chi connectivity index (χ0v) is 9.06. The first-order valence-corrected chi connectivity index (χ1v) is 5.71. The SMILES string of the molecule is Oc1cccc2ncn(C3CCCNC3)c12. The summed E-state index contributed by atoms with van der Waals surface area (Å²) in [6.45, 7) is 2.05. The summed E-state index contributed by atoms with van der Waals surface area (Å²) in [4.78, 5) is 4.33. The Morgan fingerprint density at radius 3 is 3.19 bits per heavy atom. The number of para-hydroxylation sites is 1. The summed E-state index contributed by atoms with van der Waals surface area (Å²) in [5.41, 5.74) is 1.72. The number of piperidine rings is 1. The number of hydrogen-bond donors (Lipinski definition) is 2. The fraction of sp³-hybridized carbons (Fsp3) is 0.417. The molecule has 0 amide bonds. The highest BCUT2D eigenvalue weighted by molar-refractivity contribution is 5.81. The predicted molar refractivity (Wildman–Crippen MR) is 62.5 cm³/mol. The van der Waals surface area contributed by atoms with Crippen molar-refractivity contribution in [2.24, 2.45) is 0 Å². The molecule has 84 valence electrons. The molecule has 1 aromatic heterocycles. The van der Waals surface area contributed by atoms with Crippen molar-refractivity contribution in [3.63, 3.8) is 0 Å². The number of phenols is 1. The summed E-state index contributed by atoms with van der Waals surface area (Å²) < 4.78 is 2.09. The van der Waals surface area contributed by atoms with E-state index in [0.29, 0.717) is 11.8 Å². The van der Waals surface area contributed by atoms with E-state index >= 15 is 0 Å². The van der Waals surface area contributed by atoms with Crippen LogP contribution in [0.25, 0.3) is 11.0 Å². The van der Waals surface area contributed by atoms with Gasteiger partial charge in [0.25, 0.3) is 0 Å². The van der Waals surface area contributed by atoms with Crippen molar-refractivity contribution in [2.75, 3.05) is 13.1 Å². The third kappa shape index (κ3) is 1.46. The number of imidazole rings is 1. The average Bonchev–Trinajstić information content (AvgIpc) is 2.75. The molecular formula is C12H15N3O. The molecule has 1 aliphatic heterocycles. The van der Waals surface area contributed by atoms with Gasteiger partial charge in [-0.05, 0) is 31.5 Å². The predicted octanol–water partition coefficient (Wildman–Crippen LogP) is 1.67. The Labute approximate surface area is 93.9 Å². The fourth-order valence-corrected chi connectivity index (χ4v) is 2.42. The Balaban J connectivity index is 2.09. The molecule has 1 unspecified atom stereocenters. The lowest BCUT2D eigenvalue weighted by atomic mass is 10.1. The molecule has 1 saturated heterocycles. The maximum Gasteiger partial charge on any atom is 0.141 e. The Kier molecular flexibility index (Phi) is 2.29. The van der Waals surface area contributed by atoms with E-state index in [1.165, 1.54) is 6.42 Å². The van der Waals surface area contributed by atoms with E-state index in [9.17, 15) is 5.11 Å². The minimum atomic E-state index is 0.320. The highest BCUT2D eigenvalue weighted by Crippen LogP contribution is 2.28. The summed E-state index contributed by atoms with van der Waals surface area (Å²) in [7, 11) is 0.